The van der Waals surface area contributed by atoms with Crippen molar-refractivity contribution in [1.82, 2.24) is 4.31 Å². The van der Waals surface area contributed by atoms with Crippen LogP contribution in [-0.4, -0.2) is 25.3 Å². The van der Waals surface area contributed by atoms with Gasteiger partial charge in [0.25, 0.3) is 0 Å². The van der Waals surface area contributed by atoms with Gasteiger partial charge in [-0.1, -0.05) is 6.92 Å². The molecule has 0 aromatic heterocycles. The topological polar surface area (TPSA) is 63.4 Å². The highest BCUT2D eigenvalue weighted by Crippen LogP contribution is 2.23. The summed E-state index contributed by atoms with van der Waals surface area (Å²) in [5.41, 5.74) is 5.97. The van der Waals surface area contributed by atoms with Crippen LogP contribution in [0, 0.1) is 12.7 Å². The van der Waals surface area contributed by atoms with E-state index in [9.17, 15) is 12.8 Å². The Kier molecular flexibility index (Phi) is 5.06. The predicted octanol–water partition coefficient (Wildman–Crippen LogP) is 2.01. The van der Waals surface area contributed by atoms with Crippen LogP contribution in [0.25, 0.3) is 0 Å². The number of hydrogen-bond donors (Lipinski definition) is 1. The molecule has 0 atom stereocenters. The lowest BCUT2D eigenvalue weighted by Gasteiger charge is -2.24. The molecule has 6 heteroatoms. The number of rotatable bonds is 5. The Morgan fingerprint density at radius 3 is 2.37 bits per heavy atom. The minimum Gasteiger partial charge on any atom is -0.326 e. The van der Waals surface area contributed by atoms with Gasteiger partial charge in [-0.15, -0.1) is 0 Å². The Balaban J connectivity index is 3.41. The van der Waals surface area contributed by atoms with Gasteiger partial charge in [-0.3, -0.25) is 0 Å². The van der Waals surface area contributed by atoms with Gasteiger partial charge >= 0.3 is 0 Å². The summed E-state index contributed by atoms with van der Waals surface area (Å²) in [4.78, 5) is 0.0994. The summed E-state index contributed by atoms with van der Waals surface area (Å²) in [6.45, 7) is 7.28. The number of benzene rings is 1. The second kappa shape index (κ2) is 5.98. The van der Waals surface area contributed by atoms with Crippen molar-refractivity contribution >= 4 is 10.0 Å². The first-order valence-corrected chi connectivity index (χ1v) is 7.70. The summed E-state index contributed by atoms with van der Waals surface area (Å²) in [6, 6.07) is 2.53. The monoisotopic (exact) mass is 288 g/mol. The molecule has 0 radical (unpaired) electrons. The minimum absolute atomic E-state index is 0.0240. The fourth-order valence-corrected chi connectivity index (χ4v) is 3.83. The van der Waals surface area contributed by atoms with Gasteiger partial charge in [0.1, 0.15) is 5.82 Å². The van der Waals surface area contributed by atoms with Crippen LogP contribution < -0.4 is 5.73 Å². The lowest BCUT2D eigenvalue weighted by molar-refractivity contribution is 0.369. The fraction of sp³-hybridized carbons (Fsp3) is 0.538. The smallest absolute Gasteiger partial charge is 0.243 e. The van der Waals surface area contributed by atoms with Crippen molar-refractivity contribution in [3.05, 3.63) is 29.1 Å². The second-order valence-corrected chi connectivity index (χ2v) is 6.61. The summed E-state index contributed by atoms with van der Waals surface area (Å²) >= 11 is 0. The maximum atomic E-state index is 13.7. The van der Waals surface area contributed by atoms with Crippen molar-refractivity contribution < 1.29 is 12.8 Å². The zero-order chi connectivity index (χ0) is 14.8. The van der Waals surface area contributed by atoms with E-state index < -0.39 is 15.8 Å². The van der Waals surface area contributed by atoms with Gasteiger partial charge in [0.2, 0.25) is 10.0 Å². The molecule has 0 heterocycles. The molecule has 1 aromatic rings. The Morgan fingerprint density at radius 1 is 1.37 bits per heavy atom. The van der Waals surface area contributed by atoms with E-state index in [0.717, 1.165) is 0 Å². The lowest BCUT2D eigenvalue weighted by Crippen LogP contribution is -2.36. The average Bonchev–Trinajstić information content (AvgIpc) is 2.32. The van der Waals surface area contributed by atoms with E-state index >= 15 is 0 Å². The van der Waals surface area contributed by atoms with Gasteiger partial charge in [0, 0.05) is 24.7 Å². The molecule has 0 aliphatic heterocycles. The molecular weight excluding hydrogens is 267 g/mol. The van der Waals surface area contributed by atoms with Gasteiger partial charge in [-0.05, 0) is 38.5 Å². The molecule has 0 aliphatic rings. The molecule has 0 unspecified atom stereocenters. The highest BCUT2D eigenvalue weighted by Gasteiger charge is 2.26. The molecule has 0 spiro atoms. The van der Waals surface area contributed by atoms with Crippen molar-refractivity contribution in [3.63, 3.8) is 0 Å². The fourth-order valence-electron chi connectivity index (χ4n) is 2.05. The molecule has 0 saturated heterocycles. The first kappa shape index (κ1) is 16.1. The van der Waals surface area contributed by atoms with Crippen LogP contribution >= 0.6 is 0 Å². The maximum Gasteiger partial charge on any atom is 0.243 e. The van der Waals surface area contributed by atoms with Gasteiger partial charge in [0.05, 0.1) is 4.90 Å². The molecular formula is C13H21FN2O2S. The summed E-state index contributed by atoms with van der Waals surface area (Å²) in [5.74, 6) is -0.436. The van der Waals surface area contributed by atoms with Crippen LogP contribution in [0.15, 0.2) is 17.0 Å². The number of halogens is 1. The quantitative estimate of drug-likeness (QED) is 0.901. The van der Waals surface area contributed by atoms with Gasteiger partial charge in [0.15, 0.2) is 0 Å². The summed E-state index contributed by atoms with van der Waals surface area (Å²) in [7, 11) is -3.61. The van der Waals surface area contributed by atoms with E-state index in [1.165, 1.54) is 16.4 Å². The van der Waals surface area contributed by atoms with Crippen LogP contribution in [0.4, 0.5) is 4.39 Å². The second-order valence-electron chi connectivity index (χ2n) is 4.72. The largest absolute Gasteiger partial charge is 0.326 e. The summed E-state index contributed by atoms with van der Waals surface area (Å²) in [6.07, 6.45) is 0. The normalized spacial score (nSPS) is 12.4. The lowest BCUT2D eigenvalue weighted by atomic mass is 10.1. The van der Waals surface area contributed by atoms with Crippen LogP contribution in [0.3, 0.4) is 0 Å². The van der Waals surface area contributed by atoms with Crippen LogP contribution in [-0.2, 0) is 16.6 Å². The molecule has 2 N–H and O–H groups in total. The van der Waals surface area contributed by atoms with E-state index in [1.54, 1.807) is 27.7 Å². The zero-order valence-electron chi connectivity index (χ0n) is 11.8. The predicted molar refractivity (Wildman–Crippen MR) is 73.7 cm³/mol. The van der Waals surface area contributed by atoms with Gasteiger partial charge in [-0.25, -0.2) is 12.8 Å². The number of nitrogens with two attached hydrogens (primary N) is 1. The first-order chi connectivity index (χ1) is 8.75. The standard InChI is InChI=1S/C13H21FN2O2S/c1-5-16(9(2)3)19(17,18)12-6-10(4)13(14)11(7-12)8-15/h6-7,9H,5,8,15H2,1-4H3. The Morgan fingerprint density at radius 2 is 1.95 bits per heavy atom. The molecule has 0 amide bonds. The Labute approximate surface area is 114 Å². The molecule has 19 heavy (non-hydrogen) atoms. The molecule has 0 saturated carbocycles. The third kappa shape index (κ3) is 3.13. The molecule has 1 aromatic carbocycles. The van der Waals surface area contributed by atoms with Crippen molar-refractivity contribution in [2.45, 2.75) is 45.2 Å². The Hall–Kier alpha value is -0.980. The van der Waals surface area contributed by atoms with E-state index in [1.807, 2.05) is 0 Å². The van der Waals surface area contributed by atoms with E-state index in [4.69, 9.17) is 5.73 Å². The molecule has 4 nitrogen and oxygen atoms in total. The molecule has 0 aliphatic carbocycles. The molecule has 0 fully saturated rings. The van der Waals surface area contributed by atoms with E-state index in [-0.39, 0.29) is 23.0 Å². The SMILES string of the molecule is CCN(C(C)C)S(=O)(=O)c1cc(C)c(F)c(CN)c1. The molecule has 108 valence electrons. The van der Waals surface area contributed by atoms with Crippen molar-refractivity contribution in [2.75, 3.05) is 6.54 Å². The minimum atomic E-state index is -3.61. The number of hydrogen-bond acceptors (Lipinski definition) is 3. The third-order valence-electron chi connectivity index (χ3n) is 3.02. The molecule has 1 rings (SSSR count). The van der Waals surface area contributed by atoms with Gasteiger partial charge in [-0.2, -0.15) is 4.31 Å². The first-order valence-electron chi connectivity index (χ1n) is 6.26. The van der Waals surface area contributed by atoms with Crippen molar-refractivity contribution in [2.24, 2.45) is 5.73 Å². The maximum absolute atomic E-state index is 13.7. The highest BCUT2D eigenvalue weighted by atomic mass is 32.2. The number of aryl methyl sites for hydroxylation is 1. The van der Waals surface area contributed by atoms with Crippen molar-refractivity contribution in [3.8, 4) is 0 Å². The summed E-state index contributed by atoms with van der Waals surface area (Å²) < 4.78 is 40.1. The Bertz CT molecular complexity index is 556. The van der Waals surface area contributed by atoms with Crippen LogP contribution in [0.5, 0.6) is 0 Å². The average molecular weight is 288 g/mol. The summed E-state index contributed by atoms with van der Waals surface area (Å²) in [5, 5.41) is 0. The highest BCUT2D eigenvalue weighted by molar-refractivity contribution is 7.89. The number of nitrogens with zero attached hydrogens (tertiary/aromatic N) is 1. The van der Waals surface area contributed by atoms with Crippen LogP contribution in [0.1, 0.15) is 31.9 Å². The van der Waals surface area contributed by atoms with E-state index in [0.29, 0.717) is 12.1 Å². The van der Waals surface area contributed by atoms with Crippen molar-refractivity contribution in [1.29, 1.82) is 0 Å². The zero-order valence-corrected chi connectivity index (χ0v) is 12.6. The molecule has 0 bridgehead atoms. The third-order valence-corrected chi connectivity index (χ3v) is 5.15. The van der Waals surface area contributed by atoms with Crippen LogP contribution in [0.2, 0.25) is 0 Å². The van der Waals surface area contributed by atoms with E-state index in [2.05, 4.69) is 0 Å². The number of sulfonamides is 1. The van der Waals surface area contributed by atoms with Gasteiger partial charge < -0.3 is 5.73 Å².